The maximum atomic E-state index is 11.9. The van der Waals surface area contributed by atoms with Crippen molar-refractivity contribution < 1.29 is 5.11 Å². The zero-order valence-electron chi connectivity index (χ0n) is 14.3. The van der Waals surface area contributed by atoms with Crippen molar-refractivity contribution in [3.8, 4) is 22.3 Å². The van der Waals surface area contributed by atoms with Gasteiger partial charge in [-0.1, -0.05) is 97.1 Å². The van der Waals surface area contributed by atoms with Gasteiger partial charge >= 0.3 is 0 Å². The van der Waals surface area contributed by atoms with Crippen LogP contribution >= 0.6 is 0 Å². The van der Waals surface area contributed by atoms with Crippen molar-refractivity contribution in [3.63, 3.8) is 0 Å². The summed E-state index contributed by atoms with van der Waals surface area (Å²) >= 11 is 0. The van der Waals surface area contributed by atoms with Gasteiger partial charge in [0.15, 0.2) is 0 Å². The molecule has 0 heterocycles. The molecule has 0 aliphatic heterocycles. The Kier molecular flexibility index (Phi) is 3.31. The van der Waals surface area contributed by atoms with E-state index in [0.717, 1.165) is 38.9 Å². The molecular weight excluding hydrogens is 316 g/mol. The molecule has 0 atom stereocenters. The van der Waals surface area contributed by atoms with Crippen LogP contribution in [-0.2, 0) is 5.60 Å². The minimum Gasteiger partial charge on any atom is -0.376 e. The molecule has 5 rings (SSSR count). The molecular formula is C25H18O. The molecule has 0 amide bonds. The second-order valence-electron chi connectivity index (χ2n) is 6.75. The summed E-state index contributed by atoms with van der Waals surface area (Å²) in [6.07, 6.45) is 0. The van der Waals surface area contributed by atoms with Crippen molar-refractivity contribution in [3.05, 3.63) is 120 Å². The second kappa shape index (κ2) is 5.69. The molecule has 1 aliphatic carbocycles. The third-order valence-corrected chi connectivity index (χ3v) is 5.31. The molecule has 0 unspecified atom stereocenters. The second-order valence-corrected chi connectivity index (χ2v) is 6.75. The molecule has 4 aromatic carbocycles. The Hall–Kier alpha value is -3.16. The van der Waals surface area contributed by atoms with E-state index in [-0.39, 0.29) is 0 Å². The summed E-state index contributed by atoms with van der Waals surface area (Å²) in [6.45, 7) is 0. The highest BCUT2D eigenvalue weighted by Crippen LogP contribution is 2.50. The molecule has 4 aromatic rings. The van der Waals surface area contributed by atoms with E-state index < -0.39 is 5.60 Å². The normalized spacial score (nSPS) is 13.9. The Labute approximate surface area is 153 Å². The summed E-state index contributed by atoms with van der Waals surface area (Å²) in [7, 11) is 0. The van der Waals surface area contributed by atoms with Gasteiger partial charge in [-0.05, 0) is 33.9 Å². The molecule has 1 N–H and O–H groups in total. The maximum absolute atomic E-state index is 11.9. The Morgan fingerprint density at radius 3 is 1.69 bits per heavy atom. The summed E-state index contributed by atoms with van der Waals surface area (Å²) in [5, 5.41) is 11.9. The van der Waals surface area contributed by atoms with Crippen LogP contribution in [0.2, 0.25) is 0 Å². The minimum atomic E-state index is -1.13. The van der Waals surface area contributed by atoms with Gasteiger partial charge in [-0.25, -0.2) is 0 Å². The lowest BCUT2D eigenvalue weighted by Gasteiger charge is -2.27. The van der Waals surface area contributed by atoms with E-state index in [2.05, 4.69) is 36.4 Å². The number of hydrogen-bond donors (Lipinski definition) is 1. The highest BCUT2D eigenvalue weighted by molar-refractivity contribution is 5.82. The smallest absolute Gasteiger partial charge is 0.141 e. The SMILES string of the molecule is OC1(c2cccc(-c3ccccc3)c2)c2ccccc2-c2ccccc21. The molecule has 0 fully saturated rings. The van der Waals surface area contributed by atoms with Gasteiger partial charge in [0.1, 0.15) is 5.60 Å². The van der Waals surface area contributed by atoms with Crippen molar-refractivity contribution in [1.29, 1.82) is 0 Å². The third-order valence-electron chi connectivity index (χ3n) is 5.31. The van der Waals surface area contributed by atoms with Crippen molar-refractivity contribution in [2.24, 2.45) is 0 Å². The van der Waals surface area contributed by atoms with Gasteiger partial charge in [0.05, 0.1) is 0 Å². The van der Waals surface area contributed by atoms with Gasteiger partial charge in [-0.2, -0.15) is 0 Å². The van der Waals surface area contributed by atoms with Gasteiger partial charge in [0, 0.05) is 11.1 Å². The fourth-order valence-corrected chi connectivity index (χ4v) is 4.08. The van der Waals surface area contributed by atoms with Crippen LogP contribution in [0.5, 0.6) is 0 Å². The number of hydrogen-bond acceptors (Lipinski definition) is 1. The standard InChI is InChI=1S/C25H18O/c26-25(20-12-8-11-19(17-20)18-9-2-1-3-10-18)23-15-6-4-13-21(23)22-14-5-7-16-24(22)25/h1-17,26H. The molecule has 1 nitrogen and oxygen atoms in total. The zero-order chi connectivity index (χ0) is 17.6. The minimum absolute atomic E-state index is 0.899. The van der Waals surface area contributed by atoms with Crippen molar-refractivity contribution in [2.45, 2.75) is 5.60 Å². The molecule has 0 saturated heterocycles. The predicted octanol–water partition coefficient (Wildman–Crippen LogP) is 5.62. The number of rotatable bonds is 2. The molecule has 0 radical (unpaired) electrons. The lowest BCUT2D eigenvalue weighted by Crippen LogP contribution is -2.26. The van der Waals surface area contributed by atoms with Gasteiger partial charge in [0.2, 0.25) is 0 Å². The lowest BCUT2D eigenvalue weighted by molar-refractivity contribution is 0.131. The first kappa shape index (κ1) is 15.1. The molecule has 0 aromatic heterocycles. The average Bonchev–Trinajstić information content (AvgIpc) is 2.99. The van der Waals surface area contributed by atoms with Crippen LogP contribution in [0.3, 0.4) is 0 Å². The first-order valence-electron chi connectivity index (χ1n) is 8.86. The van der Waals surface area contributed by atoms with Crippen molar-refractivity contribution in [1.82, 2.24) is 0 Å². The first-order chi connectivity index (χ1) is 12.8. The van der Waals surface area contributed by atoms with Crippen LogP contribution in [0.15, 0.2) is 103 Å². The van der Waals surface area contributed by atoms with Crippen LogP contribution in [0.25, 0.3) is 22.3 Å². The van der Waals surface area contributed by atoms with Gasteiger partial charge < -0.3 is 5.11 Å². The summed E-state index contributed by atoms with van der Waals surface area (Å²) in [5.74, 6) is 0. The Balaban J connectivity index is 1.76. The van der Waals surface area contributed by atoms with E-state index >= 15 is 0 Å². The van der Waals surface area contributed by atoms with E-state index in [0.29, 0.717) is 0 Å². The number of fused-ring (bicyclic) bond motifs is 3. The van der Waals surface area contributed by atoms with E-state index in [1.165, 1.54) is 0 Å². The van der Waals surface area contributed by atoms with Gasteiger partial charge in [-0.3, -0.25) is 0 Å². The van der Waals surface area contributed by atoms with Gasteiger partial charge in [0.25, 0.3) is 0 Å². The Morgan fingerprint density at radius 2 is 1.04 bits per heavy atom. The van der Waals surface area contributed by atoms with Crippen molar-refractivity contribution >= 4 is 0 Å². The monoisotopic (exact) mass is 334 g/mol. The van der Waals surface area contributed by atoms with E-state index in [4.69, 9.17) is 0 Å². The van der Waals surface area contributed by atoms with Crippen LogP contribution in [0.4, 0.5) is 0 Å². The largest absolute Gasteiger partial charge is 0.376 e. The molecule has 0 saturated carbocycles. The quantitative estimate of drug-likeness (QED) is 0.504. The molecule has 0 bridgehead atoms. The first-order valence-corrected chi connectivity index (χ1v) is 8.86. The highest BCUT2D eigenvalue weighted by atomic mass is 16.3. The van der Waals surface area contributed by atoms with Crippen LogP contribution in [0.1, 0.15) is 16.7 Å². The van der Waals surface area contributed by atoms with Crippen LogP contribution < -0.4 is 0 Å². The average molecular weight is 334 g/mol. The molecule has 124 valence electrons. The zero-order valence-corrected chi connectivity index (χ0v) is 14.3. The fraction of sp³-hybridized carbons (Fsp3) is 0.0400. The topological polar surface area (TPSA) is 20.2 Å². The molecule has 1 heteroatoms. The number of benzene rings is 4. The van der Waals surface area contributed by atoms with E-state index in [1.54, 1.807) is 0 Å². The lowest BCUT2D eigenvalue weighted by atomic mass is 9.83. The fourth-order valence-electron chi connectivity index (χ4n) is 4.08. The molecule has 1 aliphatic rings. The maximum Gasteiger partial charge on any atom is 0.141 e. The third kappa shape index (κ3) is 2.08. The Morgan fingerprint density at radius 1 is 0.500 bits per heavy atom. The van der Waals surface area contributed by atoms with Crippen LogP contribution in [-0.4, -0.2) is 5.11 Å². The number of aliphatic hydroxyl groups is 1. The molecule has 0 spiro atoms. The Bertz CT molecular complexity index is 1050. The van der Waals surface area contributed by atoms with E-state index in [1.807, 2.05) is 66.7 Å². The van der Waals surface area contributed by atoms with Crippen molar-refractivity contribution in [2.75, 3.05) is 0 Å². The highest BCUT2D eigenvalue weighted by Gasteiger charge is 2.42. The van der Waals surface area contributed by atoms with Crippen LogP contribution in [0, 0.1) is 0 Å². The summed E-state index contributed by atoms with van der Waals surface area (Å²) in [5.41, 5.74) is 6.15. The summed E-state index contributed by atoms with van der Waals surface area (Å²) in [4.78, 5) is 0. The predicted molar refractivity (Wildman–Crippen MR) is 106 cm³/mol. The van der Waals surface area contributed by atoms with Gasteiger partial charge in [-0.15, -0.1) is 0 Å². The molecule has 26 heavy (non-hydrogen) atoms. The summed E-state index contributed by atoms with van der Waals surface area (Å²) < 4.78 is 0. The van der Waals surface area contributed by atoms with E-state index in [9.17, 15) is 5.11 Å². The summed E-state index contributed by atoms with van der Waals surface area (Å²) in [6, 6.07) is 34.8.